The van der Waals surface area contributed by atoms with E-state index in [0.29, 0.717) is 0 Å². The maximum atomic E-state index is 6.08. The Balaban J connectivity index is 2.94. The highest BCUT2D eigenvalue weighted by molar-refractivity contribution is 9.10. The second kappa shape index (κ2) is 6.39. The number of nitrogens with zero attached hydrogens (tertiary/aromatic N) is 1. The number of benzene rings is 1. The van der Waals surface area contributed by atoms with E-state index in [1.165, 1.54) is 5.69 Å². The Morgan fingerprint density at radius 1 is 1.20 bits per heavy atom. The van der Waals surface area contributed by atoms with Crippen molar-refractivity contribution in [2.24, 2.45) is 0 Å². The minimum atomic E-state index is 0.782. The van der Waals surface area contributed by atoms with E-state index in [2.05, 4.69) is 40.7 Å². The lowest BCUT2D eigenvalue weighted by Crippen LogP contribution is -2.25. The first-order valence-electron chi connectivity index (χ1n) is 5.39. The van der Waals surface area contributed by atoms with Crippen LogP contribution < -0.4 is 4.90 Å². The lowest BCUT2D eigenvalue weighted by molar-refractivity contribution is 0.743. The molecule has 0 radical (unpaired) electrons. The molecule has 0 aliphatic rings. The largest absolute Gasteiger partial charge is 0.371 e. The molecule has 0 heterocycles. The van der Waals surface area contributed by atoms with Crippen LogP contribution in [-0.4, -0.2) is 13.1 Å². The van der Waals surface area contributed by atoms with Crippen LogP contribution in [-0.2, 0) is 0 Å². The van der Waals surface area contributed by atoms with Gasteiger partial charge in [0, 0.05) is 13.1 Å². The van der Waals surface area contributed by atoms with Gasteiger partial charge in [-0.05, 0) is 40.9 Å². The molecule has 0 unspecified atom stereocenters. The van der Waals surface area contributed by atoms with Gasteiger partial charge in [0.25, 0.3) is 0 Å². The van der Waals surface area contributed by atoms with Gasteiger partial charge < -0.3 is 4.90 Å². The minimum absolute atomic E-state index is 0.782. The molecule has 0 saturated carbocycles. The average molecular weight is 291 g/mol. The van der Waals surface area contributed by atoms with Crippen LogP contribution in [0.25, 0.3) is 0 Å². The van der Waals surface area contributed by atoms with Crippen LogP contribution in [0.2, 0.25) is 5.02 Å². The lowest BCUT2D eigenvalue weighted by Gasteiger charge is -2.25. The minimum Gasteiger partial charge on any atom is -0.371 e. The molecular formula is C12H17BrClN. The number of rotatable bonds is 5. The van der Waals surface area contributed by atoms with E-state index in [4.69, 9.17) is 11.6 Å². The van der Waals surface area contributed by atoms with E-state index in [9.17, 15) is 0 Å². The van der Waals surface area contributed by atoms with E-state index in [-0.39, 0.29) is 0 Å². The zero-order chi connectivity index (χ0) is 11.3. The van der Waals surface area contributed by atoms with Crippen molar-refractivity contribution in [3.8, 4) is 0 Å². The van der Waals surface area contributed by atoms with E-state index in [1.54, 1.807) is 0 Å². The standard InChI is InChI=1S/C12H17BrClN/c1-3-8-15(9-4-2)11-7-5-6-10(14)12(11)13/h5-7H,3-4,8-9H2,1-2H3. The van der Waals surface area contributed by atoms with Crippen LogP contribution in [0.1, 0.15) is 26.7 Å². The third-order valence-electron chi connectivity index (χ3n) is 2.26. The second-order valence-electron chi connectivity index (χ2n) is 3.56. The summed E-state index contributed by atoms with van der Waals surface area (Å²) in [7, 11) is 0. The van der Waals surface area contributed by atoms with Gasteiger partial charge >= 0.3 is 0 Å². The number of hydrogen-bond acceptors (Lipinski definition) is 1. The van der Waals surface area contributed by atoms with Crippen LogP contribution in [0.3, 0.4) is 0 Å². The molecule has 1 aromatic rings. The zero-order valence-electron chi connectivity index (χ0n) is 9.26. The highest BCUT2D eigenvalue weighted by Gasteiger charge is 2.10. The maximum Gasteiger partial charge on any atom is 0.0595 e. The quantitative estimate of drug-likeness (QED) is 0.758. The van der Waals surface area contributed by atoms with Gasteiger partial charge in [-0.15, -0.1) is 0 Å². The molecule has 0 atom stereocenters. The van der Waals surface area contributed by atoms with Gasteiger partial charge in [0.1, 0.15) is 0 Å². The van der Waals surface area contributed by atoms with E-state index in [0.717, 1.165) is 35.4 Å². The topological polar surface area (TPSA) is 3.24 Å². The van der Waals surface area contributed by atoms with Gasteiger partial charge in [0.15, 0.2) is 0 Å². The van der Waals surface area contributed by atoms with Crippen molar-refractivity contribution in [1.29, 1.82) is 0 Å². The molecule has 0 saturated heterocycles. The summed E-state index contributed by atoms with van der Waals surface area (Å²) in [5.74, 6) is 0. The predicted molar refractivity (Wildman–Crippen MR) is 71.9 cm³/mol. The predicted octanol–water partition coefficient (Wildman–Crippen LogP) is 4.73. The van der Waals surface area contributed by atoms with Crippen molar-refractivity contribution in [2.45, 2.75) is 26.7 Å². The fourth-order valence-electron chi connectivity index (χ4n) is 1.63. The SMILES string of the molecule is CCCN(CCC)c1cccc(Cl)c1Br. The number of hydrogen-bond donors (Lipinski definition) is 0. The Morgan fingerprint density at radius 3 is 2.33 bits per heavy atom. The van der Waals surface area contributed by atoms with Crippen molar-refractivity contribution in [2.75, 3.05) is 18.0 Å². The summed E-state index contributed by atoms with van der Waals surface area (Å²) in [5, 5.41) is 0.782. The van der Waals surface area contributed by atoms with Crippen LogP contribution in [0.15, 0.2) is 22.7 Å². The average Bonchev–Trinajstić information content (AvgIpc) is 2.22. The molecule has 1 nitrogen and oxygen atoms in total. The fraction of sp³-hybridized carbons (Fsp3) is 0.500. The first-order chi connectivity index (χ1) is 7.20. The van der Waals surface area contributed by atoms with Crippen LogP contribution in [0, 0.1) is 0 Å². The van der Waals surface area contributed by atoms with Gasteiger partial charge in [-0.25, -0.2) is 0 Å². The Morgan fingerprint density at radius 2 is 1.80 bits per heavy atom. The molecule has 0 spiro atoms. The second-order valence-corrected chi connectivity index (χ2v) is 4.76. The van der Waals surface area contributed by atoms with Crippen molar-refractivity contribution in [1.82, 2.24) is 0 Å². The summed E-state index contributed by atoms with van der Waals surface area (Å²) in [6, 6.07) is 6.02. The fourth-order valence-corrected chi connectivity index (χ4v) is 2.31. The summed E-state index contributed by atoms with van der Waals surface area (Å²) in [4.78, 5) is 2.37. The van der Waals surface area contributed by atoms with Crippen LogP contribution in [0.4, 0.5) is 5.69 Å². The first kappa shape index (κ1) is 12.9. The summed E-state index contributed by atoms with van der Waals surface area (Å²) in [6.45, 7) is 6.54. The third kappa shape index (κ3) is 3.39. The van der Waals surface area contributed by atoms with Gasteiger partial charge in [0.2, 0.25) is 0 Å². The summed E-state index contributed by atoms with van der Waals surface area (Å²) < 4.78 is 1.01. The van der Waals surface area contributed by atoms with Crippen molar-refractivity contribution >= 4 is 33.2 Å². The molecule has 0 aromatic heterocycles. The highest BCUT2D eigenvalue weighted by Crippen LogP contribution is 2.32. The molecule has 1 rings (SSSR count). The molecule has 0 fully saturated rings. The first-order valence-corrected chi connectivity index (χ1v) is 6.56. The molecule has 0 amide bonds. The van der Waals surface area contributed by atoms with E-state index in [1.807, 2.05) is 12.1 Å². The maximum absolute atomic E-state index is 6.08. The molecular weight excluding hydrogens is 273 g/mol. The Kier molecular flexibility index (Phi) is 5.48. The zero-order valence-corrected chi connectivity index (χ0v) is 11.6. The molecule has 15 heavy (non-hydrogen) atoms. The van der Waals surface area contributed by atoms with E-state index < -0.39 is 0 Å². The third-order valence-corrected chi connectivity index (χ3v) is 3.64. The van der Waals surface area contributed by atoms with Gasteiger partial charge in [-0.2, -0.15) is 0 Å². The number of halogens is 2. The Bertz CT molecular complexity index is 308. The van der Waals surface area contributed by atoms with Crippen LogP contribution >= 0.6 is 27.5 Å². The van der Waals surface area contributed by atoms with Gasteiger partial charge in [-0.3, -0.25) is 0 Å². The lowest BCUT2D eigenvalue weighted by atomic mass is 10.2. The summed E-state index contributed by atoms with van der Waals surface area (Å²) in [6.07, 6.45) is 2.30. The summed E-state index contributed by atoms with van der Waals surface area (Å²) in [5.41, 5.74) is 1.20. The van der Waals surface area contributed by atoms with Gasteiger partial charge in [-0.1, -0.05) is 31.5 Å². The Labute approximate surface area is 106 Å². The van der Waals surface area contributed by atoms with Crippen molar-refractivity contribution in [3.63, 3.8) is 0 Å². The molecule has 3 heteroatoms. The molecule has 0 aliphatic carbocycles. The molecule has 1 aromatic carbocycles. The van der Waals surface area contributed by atoms with Crippen molar-refractivity contribution in [3.05, 3.63) is 27.7 Å². The smallest absolute Gasteiger partial charge is 0.0595 e. The monoisotopic (exact) mass is 289 g/mol. The highest BCUT2D eigenvalue weighted by atomic mass is 79.9. The Hall–Kier alpha value is -0.210. The molecule has 0 aliphatic heterocycles. The van der Waals surface area contributed by atoms with Gasteiger partial charge in [0.05, 0.1) is 15.2 Å². The molecule has 84 valence electrons. The van der Waals surface area contributed by atoms with E-state index >= 15 is 0 Å². The van der Waals surface area contributed by atoms with Crippen molar-refractivity contribution < 1.29 is 0 Å². The summed E-state index contributed by atoms with van der Waals surface area (Å²) >= 11 is 9.63. The molecule has 0 N–H and O–H groups in total. The number of anilines is 1. The normalized spacial score (nSPS) is 10.4. The van der Waals surface area contributed by atoms with Crippen LogP contribution in [0.5, 0.6) is 0 Å². The molecule has 0 bridgehead atoms.